The van der Waals surface area contributed by atoms with E-state index in [0.717, 1.165) is 0 Å². The van der Waals surface area contributed by atoms with Crippen molar-refractivity contribution in [3.63, 3.8) is 0 Å². The fourth-order valence-electron chi connectivity index (χ4n) is 1.33. The summed E-state index contributed by atoms with van der Waals surface area (Å²) < 4.78 is 0. The highest BCUT2D eigenvalue weighted by atomic mass is 16.1. The van der Waals surface area contributed by atoms with E-state index in [9.17, 15) is 4.79 Å². The molecule has 0 rings (SSSR count). The zero-order chi connectivity index (χ0) is 11.6. The van der Waals surface area contributed by atoms with Crippen molar-refractivity contribution in [1.29, 1.82) is 0 Å². The van der Waals surface area contributed by atoms with Crippen molar-refractivity contribution in [2.75, 3.05) is 6.54 Å². The van der Waals surface area contributed by atoms with Gasteiger partial charge in [0.15, 0.2) is 0 Å². The Bertz CT molecular complexity index is 209. The zero-order valence-electron chi connectivity index (χ0n) is 10.1. The van der Waals surface area contributed by atoms with Crippen molar-refractivity contribution in [3.8, 4) is 0 Å². The molecule has 0 amide bonds. The number of nitrogens with two attached hydrogens (primary N) is 2. The highest BCUT2D eigenvalue weighted by molar-refractivity contribution is 6.28. The summed E-state index contributed by atoms with van der Waals surface area (Å²) in [4.78, 5) is 11.8. The molecule has 0 bridgehead atoms. The molecule has 1 atom stereocenters. The molecular weight excluding hydrogens is 175 g/mol. The second-order valence-corrected chi connectivity index (χ2v) is 5.79. The number of carbonyl (C=O) groups excluding carboxylic acids is 1. The molecule has 0 aromatic rings. The summed E-state index contributed by atoms with van der Waals surface area (Å²) in [5, 5.41) is -0.357. The van der Waals surface area contributed by atoms with Gasteiger partial charge in [0.05, 0.1) is 6.04 Å². The first-order valence-corrected chi connectivity index (χ1v) is 5.10. The molecule has 0 radical (unpaired) electrons. The van der Waals surface area contributed by atoms with Crippen LogP contribution >= 0.6 is 0 Å². The maximum absolute atomic E-state index is 11.8. The molecule has 0 aromatic heterocycles. The van der Waals surface area contributed by atoms with Gasteiger partial charge in [-0.25, -0.2) is 0 Å². The number of ketones is 1. The van der Waals surface area contributed by atoms with Crippen molar-refractivity contribution >= 4 is 13.6 Å². The van der Waals surface area contributed by atoms with E-state index in [1.54, 1.807) is 0 Å². The van der Waals surface area contributed by atoms with E-state index in [1.165, 1.54) is 0 Å². The molecule has 0 spiro atoms. The van der Waals surface area contributed by atoms with Crippen LogP contribution in [0.5, 0.6) is 0 Å². The van der Waals surface area contributed by atoms with Crippen molar-refractivity contribution in [2.24, 2.45) is 16.9 Å². The Balaban J connectivity index is 4.37. The molecule has 4 heteroatoms. The van der Waals surface area contributed by atoms with Crippen LogP contribution < -0.4 is 11.5 Å². The van der Waals surface area contributed by atoms with Crippen molar-refractivity contribution in [2.45, 2.75) is 45.5 Å². The van der Waals surface area contributed by atoms with Gasteiger partial charge in [-0.05, 0) is 23.7 Å². The SMILES string of the molecule is BC(C)(C)C(=O)C(N)CC(C)(C)CN. The molecule has 82 valence electrons. The highest BCUT2D eigenvalue weighted by Crippen LogP contribution is 2.26. The second kappa shape index (κ2) is 4.45. The van der Waals surface area contributed by atoms with Crippen molar-refractivity contribution < 1.29 is 4.79 Å². The van der Waals surface area contributed by atoms with Crippen LogP contribution in [0.2, 0.25) is 5.31 Å². The number of rotatable bonds is 5. The van der Waals surface area contributed by atoms with Crippen LogP contribution in [0.15, 0.2) is 0 Å². The molecule has 14 heavy (non-hydrogen) atoms. The normalized spacial score (nSPS) is 15.3. The van der Waals surface area contributed by atoms with Crippen LogP contribution in [0.1, 0.15) is 34.1 Å². The van der Waals surface area contributed by atoms with Gasteiger partial charge in [0.25, 0.3) is 0 Å². The fourth-order valence-corrected chi connectivity index (χ4v) is 1.33. The van der Waals surface area contributed by atoms with E-state index in [0.29, 0.717) is 13.0 Å². The van der Waals surface area contributed by atoms with Gasteiger partial charge in [-0.15, -0.1) is 0 Å². The van der Waals surface area contributed by atoms with E-state index < -0.39 is 6.04 Å². The number of hydrogen-bond donors (Lipinski definition) is 2. The monoisotopic (exact) mass is 198 g/mol. The third-order valence-electron chi connectivity index (χ3n) is 2.40. The third kappa shape index (κ3) is 4.25. The first-order valence-electron chi connectivity index (χ1n) is 5.10. The van der Waals surface area contributed by atoms with E-state index in [1.807, 2.05) is 35.5 Å². The molecule has 1 unspecified atom stereocenters. The fraction of sp³-hybridized carbons (Fsp3) is 0.900. The Kier molecular flexibility index (Phi) is 4.34. The van der Waals surface area contributed by atoms with Gasteiger partial charge in [-0.3, -0.25) is 4.79 Å². The van der Waals surface area contributed by atoms with Crippen LogP contribution in [0.3, 0.4) is 0 Å². The minimum atomic E-state index is -0.395. The van der Waals surface area contributed by atoms with E-state index in [2.05, 4.69) is 0 Å². The molecule has 3 nitrogen and oxygen atoms in total. The van der Waals surface area contributed by atoms with Crippen LogP contribution in [-0.4, -0.2) is 26.2 Å². The van der Waals surface area contributed by atoms with Gasteiger partial charge in [-0.1, -0.05) is 27.7 Å². The van der Waals surface area contributed by atoms with Crippen LogP contribution in [0, 0.1) is 5.41 Å². The Morgan fingerprint density at radius 2 is 1.79 bits per heavy atom. The lowest BCUT2D eigenvalue weighted by Crippen LogP contribution is -2.42. The van der Waals surface area contributed by atoms with E-state index in [4.69, 9.17) is 11.5 Å². The third-order valence-corrected chi connectivity index (χ3v) is 2.40. The second-order valence-electron chi connectivity index (χ2n) is 5.79. The molecule has 0 fully saturated rings. The highest BCUT2D eigenvalue weighted by Gasteiger charge is 2.30. The number of hydrogen-bond acceptors (Lipinski definition) is 3. The van der Waals surface area contributed by atoms with Crippen LogP contribution in [0.4, 0.5) is 0 Å². The van der Waals surface area contributed by atoms with Gasteiger partial charge in [0, 0.05) is 0 Å². The van der Waals surface area contributed by atoms with Crippen LogP contribution in [-0.2, 0) is 4.79 Å². The molecule has 0 aliphatic heterocycles. The molecule has 4 N–H and O–H groups in total. The summed E-state index contributed by atoms with van der Waals surface area (Å²) in [6.07, 6.45) is 0.652. The Morgan fingerprint density at radius 3 is 2.07 bits per heavy atom. The van der Waals surface area contributed by atoms with Gasteiger partial charge in [0.1, 0.15) is 13.6 Å². The summed E-state index contributed by atoms with van der Waals surface area (Å²) in [7, 11) is 1.89. The standard InChI is InChI=1S/C10H23BN2O/c1-9(2,6-12)5-7(13)8(14)10(3,4)11/h7H,5-6,11-13H2,1-4H3. The Morgan fingerprint density at radius 1 is 1.36 bits per heavy atom. The lowest BCUT2D eigenvalue weighted by Gasteiger charge is -2.29. The van der Waals surface area contributed by atoms with Crippen LogP contribution in [0.25, 0.3) is 0 Å². The summed E-state index contributed by atoms with van der Waals surface area (Å²) in [6, 6.07) is -0.395. The van der Waals surface area contributed by atoms with Gasteiger partial charge in [-0.2, -0.15) is 0 Å². The average Bonchev–Trinajstić information content (AvgIpc) is 2.00. The largest absolute Gasteiger partial charge is 0.330 e. The minimum Gasteiger partial charge on any atom is -0.330 e. The predicted molar refractivity (Wildman–Crippen MR) is 63.0 cm³/mol. The number of Topliss-reactive ketones (excluding diaryl/α,β-unsaturated/α-hetero) is 1. The minimum absolute atomic E-state index is 0.0552. The lowest BCUT2D eigenvalue weighted by atomic mass is 9.66. The summed E-state index contributed by atoms with van der Waals surface area (Å²) in [6.45, 7) is 8.40. The Hall–Kier alpha value is -0.345. The molecular formula is C10H23BN2O. The lowest BCUT2D eigenvalue weighted by molar-refractivity contribution is -0.123. The predicted octanol–water partition coefficient (Wildman–Crippen LogP) is 0.0894. The molecule has 0 heterocycles. The maximum atomic E-state index is 11.8. The zero-order valence-corrected chi connectivity index (χ0v) is 10.1. The molecule has 0 aromatic carbocycles. The molecule has 0 aliphatic carbocycles. The van der Waals surface area contributed by atoms with Crippen molar-refractivity contribution in [3.05, 3.63) is 0 Å². The van der Waals surface area contributed by atoms with Gasteiger partial charge < -0.3 is 11.5 Å². The smallest absolute Gasteiger partial charge is 0.147 e. The molecule has 0 saturated carbocycles. The molecule has 0 aliphatic rings. The number of carbonyl (C=O) groups is 1. The first-order chi connectivity index (χ1) is 6.10. The first kappa shape index (κ1) is 13.7. The summed E-state index contributed by atoms with van der Waals surface area (Å²) >= 11 is 0. The van der Waals surface area contributed by atoms with E-state index >= 15 is 0 Å². The summed E-state index contributed by atoms with van der Waals surface area (Å²) in [5.74, 6) is 0.110. The topological polar surface area (TPSA) is 69.1 Å². The average molecular weight is 198 g/mol. The maximum Gasteiger partial charge on any atom is 0.147 e. The summed E-state index contributed by atoms with van der Waals surface area (Å²) in [5.41, 5.74) is 11.4. The Labute approximate surface area is 88.0 Å². The van der Waals surface area contributed by atoms with Crippen molar-refractivity contribution in [1.82, 2.24) is 0 Å². The van der Waals surface area contributed by atoms with Gasteiger partial charge >= 0.3 is 0 Å². The molecule has 0 saturated heterocycles. The van der Waals surface area contributed by atoms with Gasteiger partial charge in [0.2, 0.25) is 0 Å². The van der Waals surface area contributed by atoms with E-state index in [-0.39, 0.29) is 16.5 Å². The quantitative estimate of drug-likeness (QED) is 0.615.